The lowest BCUT2D eigenvalue weighted by Gasteiger charge is -2.38. The van der Waals surface area contributed by atoms with Gasteiger partial charge in [-0.25, -0.2) is 0 Å². The second kappa shape index (κ2) is 7.15. The number of halogens is 2. The van der Waals surface area contributed by atoms with Crippen LogP contribution in [0.1, 0.15) is 51.5 Å². The van der Waals surface area contributed by atoms with Gasteiger partial charge >= 0.3 is 0 Å². The van der Waals surface area contributed by atoms with E-state index < -0.39 is 0 Å². The van der Waals surface area contributed by atoms with Gasteiger partial charge in [-0.2, -0.15) is 0 Å². The van der Waals surface area contributed by atoms with Gasteiger partial charge in [0.2, 0.25) is 0 Å². The summed E-state index contributed by atoms with van der Waals surface area (Å²) in [5.41, 5.74) is 1.51. The molecule has 0 saturated heterocycles. The van der Waals surface area contributed by atoms with Crippen molar-refractivity contribution in [3.05, 3.63) is 33.8 Å². The Hall–Kier alpha value is -0.240. The molecule has 3 heteroatoms. The third-order valence-corrected chi connectivity index (χ3v) is 5.67. The van der Waals surface area contributed by atoms with E-state index in [9.17, 15) is 0 Å². The van der Waals surface area contributed by atoms with Crippen LogP contribution in [0.4, 0.5) is 0 Å². The molecule has 112 valence electrons. The van der Waals surface area contributed by atoms with Crippen LogP contribution in [0, 0.1) is 5.41 Å². The van der Waals surface area contributed by atoms with Gasteiger partial charge in [-0.3, -0.25) is 0 Å². The van der Waals surface area contributed by atoms with E-state index in [0.29, 0.717) is 11.5 Å². The maximum atomic E-state index is 6.36. The summed E-state index contributed by atoms with van der Waals surface area (Å²) in [5.74, 6) is 0. The Morgan fingerprint density at radius 3 is 2.25 bits per heavy atom. The molecule has 0 spiro atoms. The normalized spacial score (nSPS) is 19.2. The Morgan fingerprint density at radius 1 is 1.15 bits per heavy atom. The number of likely N-dealkylation sites (N-methyl/N-ethyl adjacent to an activating group) is 1. The van der Waals surface area contributed by atoms with Gasteiger partial charge in [-0.05, 0) is 55.3 Å². The standard InChI is InChI=1S/C17H25Cl2N/c1-3-17(10-5-6-11-17)16(20-4-2)12-13-14(18)8-7-9-15(13)19/h7-9,16,20H,3-6,10-12H2,1-2H3. The molecule has 1 nitrogen and oxygen atoms in total. The first kappa shape index (κ1) is 16.1. The van der Waals surface area contributed by atoms with E-state index in [1.54, 1.807) is 0 Å². The van der Waals surface area contributed by atoms with Crippen LogP contribution in [-0.4, -0.2) is 12.6 Å². The first-order valence-electron chi connectivity index (χ1n) is 7.79. The molecule has 1 aliphatic carbocycles. The van der Waals surface area contributed by atoms with Crippen LogP contribution in [0.5, 0.6) is 0 Å². The fourth-order valence-electron chi connectivity index (χ4n) is 3.71. The summed E-state index contributed by atoms with van der Waals surface area (Å²) in [4.78, 5) is 0. The van der Waals surface area contributed by atoms with Crippen LogP contribution in [0.25, 0.3) is 0 Å². The van der Waals surface area contributed by atoms with Crippen LogP contribution < -0.4 is 5.32 Å². The highest BCUT2D eigenvalue weighted by Crippen LogP contribution is 2.45. The molecule has 1 aromatic carbocycles. The SMILES string of the molecule is CCNC(Cc1c(Cl)cccc1Cl)C1(CC)CCCC1. The van der Waals surface area contributed by atoms with Gasteiger partial charge in [-0.1, -0.05) is 56.0 Å². The van der Waals surface area contributed by atoms with E-state index in [1.807, 2.05) is 18.2 Å². The smallest absolute Gasteiger partial charge is 0.0453 e. The van der Waals surface area contributed by atoms with Gasteiger partial charge in [-0.15, -0.1) is 0 Å². The van der Waals surface area contributed by atoms with Crippen LogP contribution in [0.2, 0.25) is 10.0 Å². The molecule has 1 N–H and O–H groups in total. The molecule has 2 rings (SSSR count). The van der Waals surface area contributed by atoms with E-state index in [0.717, 1.165) is 28.6 Å². The van der Waals surface area contributed by atoms with Gasteiger partial charge in [0.25, 0.3) is 0 Å². The van der Waals surface area contributed by atoms with Gasteiger partial charge in [0.05, 0.1) is 0 Å². The highest BCUT2D eigenvalue weighted by Gasteiger charge is 2.39. The molecule has 1 fully saturated rings. The number of rotatable bonds is 6. The highest BCUT2D eigenvalue weighted by atomic mass is 35.5. The molecular formula is C17H25Cl2N. The largest absolute Gasteiger partial charge is 0.313 e. The van der Waals surface area contributed by atoms with E-state index in [-0.39, 0.29) is 0 Å². The number of hydrogen-bond donors (Lipinski definition) is 1. The molecular weight excluding hydrogens is 289 g/mol. The summed E-state index contributed by atoms with van der Waals surface area (Å²) < 4.78 is 0. The zero-order valence-electron chi connectivity index (χ0n) is 12.5. The Labute approximate surface area is 133 Å². The first-order valence-corrected chi connectivity index (χ1v) is 8.55. The molecule has 1 unspecified atom stereocenters. The van der Waals surface area contributed by atoms with Crippen LogP contribution >= 0.6 is 23.2 Å². The molecule has 0 heterocycles. The minimum Gasteiger partial charge on any atom is -0.313 e. The van der Waals surface area contributed by atoms with Crippen molar-refractivity contribution in [3.63, 3.8) is 0 Å². The topological polar surface area (TPSA) is 12.0 Å². The predicted molar refractivity (Wildman–Crippen MR) is 88.8 cm³/mol. The van der Waals surface area contributed by atoms with Crippen molar-refractivity contribution < 1.29 is 0 Å². The van der Waals surface area contributed by atoms with Gasteiger partial charge in [0.1, 0.15) is 0 Å². The number of benzene rings is 1. The second-order valence-electron chi connectivity index (χ2n) is 5.94. The molecule has 1 saturated carbocycles. The summed E-state index contributed by atoms with van der Waals surface area (Å²) in [6, 6.07) is 6.28. The van der Waals surface area contributed by atoms with E-state index in [2.05, 4.69) is 19.2 Å². The molecule has 1 aliphatic rings. The van der Waals surface area contributed by atoms with Crippen molar-refractivity contribution in [2.45, 2.75) is 58.4 Å². The van der Waals surface area contributed by atoms with Crippen molar-refractivity contribution in [1.29, 1.82) is 0 Å². The molecule has 0 radical (unpaired) electrons. The van der Waals surface area contributed by atoms with E-state index in [1.165, 1.54) is 32.1 Å². The van der Waals surface area contributed by atoms with Gasteiger partial charge in [0, 0.05) is 16.1 Å². The van der Waals surface area contributed by atoms with Crippen LogP contribution in [0.3, 0.4) is 0 Å². The summed E-state index contributed by atoms with van der Waals surface area (Å²) in [6.07, 6.45) is 7.51. The molecule has 20 heavy (non-hydrogen) atoms. The molecule has 0 bridgehead atoms. The monoisotopic (exact) mass is 313 g/mol. The third kappa shape index (κ3) is 3.32. The molecule has 0 aromatic heterocycles. The fourth-order valence-corrected chi connectivity index (χ4v) is 4.26. The van der Waals surface area contributed by atoms with Crippen molar-refractivity contribution >= 4 is 23.2 Å². The minimum atomic E-state index is 0.415. The zero-order chi connectivity index (χ0) is 14.6. The quantitative estimate of drug-likeness (QED) is 0.732. The van der Waals surface area contributed by atoms with Gasteiger partial charge in [0.15, 0.2) is 0 Å². The molecule has 0 aliphatic heterocycles. The van der Waals surface area contributed by atoms with E-state index >= 15 is 0 Å². The van der Waals surface area contributed by atoms with Crippen LogP contribution in [-0.2, 0) is 6.42 Å². The minimum absolute atomic E-state index is 0.415. The molecule has 1 aromatic rings. The second-order valence-corrected chi connectivity index (χ2v) is 6.75. The van der Waals surface area contributed by atoms with Crippen LogP contribution in [0.15, 0.2) is 18.2 Å². The van der Waals surface area contributed by atoms with Crippen molar-refractivity contribution in [2.24, 2.45) is 5.41 Å². The maximum Gasteiger partial charge on any atom is 0.0453 e. The van der Waals surface area contributed by atoms with Crippen molar-refractivity contribution in [3.8, 4) is 0 Å². The lowest BCUT2D eigenvalue weighted by atomic mass is 9.74. The van der Waals surface area contributed by atoms with E-state index in [4.69, 9.17) is 23.2 Å². The Bertz CT molecular complexity index is 418. The highest BCUT2D eigenvalue weighted by molar-refractivity contribution is 6.36. The third-order valence-electron chi connectivity index (χ3n) is 4.96. The first-order chi connectivity index (χ1) is 9.63. The van der Waals surface area contributed by atoms with Crippen molar-refractivity contribution in [1.82, 2.24) is 5.32 Å². The van der Waals surface area contributed by atoms with Gasteiger partial charge < -0.3 is 5.32 Å². The summed E-state index contributed by atoms with van der Waals surface area (Å²) >= 11 is 12.7. The maximum absolute atomic E-state index is 6.36. The van der Waals surface area contributed by atoms with Crippen molar-refractivity contribution in [2.75, 3.05) is 6.54 Å². The lowest BCUT2D eigenvalue weighted by Crippen LogP contribution is -2.45. The predicted octanol–water partition coefficient (Wildman–Crippen LogP) is 5.48. The summed E-state index contributed by atoms with van der Waals surface area (Å²) in [6.45, 7) is 5.50. The lowest BCUT2D eigenvalue weighted by molar-refractivity contribution is 0.186. The Morgan fingerprint density at radius 2 is 1.75 bits per heavy atom. The molecule has 1 atom stereocenters. The summed E-state index contributed by atoms with van der Waals surface area (Å²) in [5, 5.41) is 5.29. The Kier molecular flexibility index (Phi) is 5.77. The Balaban J connectivity index is 2.25. The fraction of sp³-hybridized carbons (Fsp3) is 0.647. The average molecular weight is 314 g/mol. The summed E-state index contributed by atoms with van der Waals surface area (Å²) in [7, 11) is 0. The average Bonchev–Trinajstić information content (AvgIpc) is 2.92. The number of hydrogen-bond acceptors (Lipinski definition) is 1. The number of nitrogens with one attached hydrogen (secondary N) is 1. The molecule has 0 amide bonds. The zero-order valence-corrected chi connectivity index (χ0v) is 14.0.